The van der Waals surface area contributed by atoms with Crippen molar-refractivity contribution in [1.29, 1.82) is 5.26 Å². The summed E-state index contributed by atoms with van der Waals surface area (Å²) in [6, 6.07) is 11.8. The molecule has 0 spiro atoms. The predicted octanol–water partition coefficient (Wildman–Crippen LogP) is 3.39. The first kappa shape index (κ1) is 14.9. The summed E-state index contributed by atoms with van der Waals surface area (Å²) in [6.45, 7) is 2.01. The van der Waals surface area contributed by atoms with E-state index in [1.165, 1.54) is 0 Å². The zero-order valence-electron chi connectivity index (χ0n) is 13.3. The number of imidazole rings is 1. The van der Waals surface area contributed by atoms with Gasteiger partial charge in [-0.05, 0) is 36.8 Å². The van der Waals surface area contributed by atoms with Crippen molar-refractivity contribution in [3.05, 3.63) is 47.8 Å². The zero-order chi connectivity index (χ0) is 16.4. The summed E-state index contributed by atoms with van der Waals surface area (Å²) >= 11 is 0. The van der Waals surface area contributed by atoms with Gasteiger partial charge in [0, 0.05) is 11.8 Å². The van der Waals surface area contributed by atoms with Gasteiger partial charge in [0.2, 0.25) is 0 Å². The Balaban J connectivity index is 2.34. The van der Waals surface area contributed by atoms with Gasteiger partial charge in [-0.1, -0.05) is 6.07 Å². The number of hydrogen-bond donors (Lipinski definition) is 0. The van der Waals surface area contributed by atoms with Crippen LogP contribution in [0.25, 0.3) is 16.9 Å². The second-order valence-electron chi connectivity index (χ2n) is 5.19. The number of nitrogens with zero attached hydrogens (tertiary/aromatic N) is 3. The second-order valence-corrected chi connectivity index (χ2v) is 5.19. The molecule has 1 aromatic carbocycles. The quantitative estimate of drug-likeness (QED) is 0.741. The summed E-state index contributed by atoms with van der Waals surface area (Å²) < 4.78 is 12.8. The highest BCUT2D eigenvalue weighted by Gasteiger charge is 2.18. The molecule has 2 aromatic heterocycles. The van der Waals surface area contributed by atoms with Gasteiger partial charge in [-0.15, -0.1) is 0 Å². The molecule has 0 amide bonds. The van der Waals surface area contributed by atoms with Gasteiger partial charge in [-0.3, -0.25) is 0 Å². The van der Waals surface area contributed by atoms with Crippen LogP contribution in [-0.4, -0.2) is 23.6 Å². The zero-order valence-corrected chi connectivity index (χ0v) is 13.3. The highest BCUT2D eigenvalue weighted by atomic mass is 16.5. The lowest BCUT2D eigenvalue weighted by Crippen LogP contribution is -1.96. The van der Waals surface area contributed by atoms with Crippen molar-refractivity contribution in [3.8, 4) is 28.8 Å². The largest absolute Gasteiger partial charge is 0.497 e. The summed E-state index contributed by atoms with van der Waals surface area (Å²) in [7, 11) is 3.24. The van der Waals surface area contributed by atoms with Crippen LogP contribution in [-0.2, 0) is 6.42 Å². The summed E-state index contributed by atoms with van der Waals surface area (Å²) in [5.41, 5.74) is 4.31. The molecule has 23 heavy (non-hydrogen) atoms. The van der Waals surface area contributed by atoms with Crippen LogP contribution < -0.4 is 9.47 Å². The number of benzene rings is 1. The van der Waals surface area contributed by atoms with Gasteiger partial charge in [0.1, 0.15) is 17.1 Å². The number of aryl methyl sites for hydroxylation is 1. The Hall–Kier alpha value is -3.00. The smallest absolute Gasteiger partial charge is 0.140 e. The Labute approximate surface area is 134 Å². The first-order chi connectivity index (χ1) is 11.2. The minimum atomic E-state index is 0.264. The van der Waals surface area contributed by atoms with Crippen molar-refractivity contribution in [1.82, 2.24) is 9.38 Å². The van der Waals surface area contributed by atoms with Crippen molar-refractivity contribution in [3.63, 3.8) is 0 Å². The predicted molar refractivity (Wildman–Crippen MR) is 87.8 cm³/mol. The lowest BCUT2D eigenvalue weighted by molar-refractivity contribution is 0.404. The number of rotatable bonds is 4. The van der Waals surface area contributed by atoms with Crippen molar-refractivity contribution in [2.45, 2.75) is 13.3 Å². The van der Waals surface area contributed by atoms with Gasteiger partial charge in [-0.2, -0.15) is 5.26 Å². The van der Waals surface area contributed by atoms with Crippen LogP contribution in [0.4, 0.5) is 0 Å². The Morgan fingerprint density at radius 2 is 2.04 bits per heavy atom. The minimum Gasteiger partial charge on any atom is -0.497 e. The summed E-state index contributed by atoms with van der Waals surface area (Å²) in [4.78, 5) is 4.76. The van der Waals surface area contributed by atoms with E-state index in [1.54, 1.807) is 14.2 Å². The van der Waals surface area contributed by atoms with Gasteiger partial charge in [0.15, 0.2) is 0 Å². The average Bonchev–Trinajstić information content (AvgIpc) is 2.95. The molecule has 0 aliphatic carbocycles. The molecule has 5 nitrogen and oxygen atoms in total. The van der Waals surface area contributed by atoms with E-state index in [2.05, 4.69) is 6.07 Å². The fourth-order valence-corrected chi connectivity index (χ4v) is 2.71. The van der Waals surface area contributed by atoms with Crippen molar-refractivity contribution in [2.24, 2.45) is 0 Å². The molecule has 0 bridgehead atoms. The second kappa shape index (κ2) is 6.01. The first-order valence-corrected chi connectivity index (χ1v) is 7.25. The van der Waals surface area contributed by atoms with E-state index in [0.29, 0.717) is 5.75 Å². The van der Waals surface area contributed by atoms with Crippen LogP contribution in [0.1, 0.15) is 11.3 Å². The summed E-state index contributed by atoms with van der Waals surface area (Å²) in [5, 5.41) is 9.22. The minimum absolute atomic E-state index is 0.264. The standard InChI is InChI=1S/C18H17N3O2/c1-12-5-4-10-21-15(8-9-19)17(20-18(12)21)14-11-13(22-2)6-7-16(14)23-3/h4-7,10-11H,8H2,1-3H3. The van der Waals surface area contributed by atoms with E-state index in [9.17, 15) is 5.26 Å². The Kier molecular flexibility index (Phi) is 3.90. The van der Waals surface area contributed by atoms with Crippen molar-refractivity contribution < 1.29 is 9.47 Å². The third kappa shape index (κ3) is 2.49. The molecule has 0 atom stereocenters. The molecule has 0 radical (unpaired) electrons. The highest BCUT2D eigenvalue weighted by Crippen LogP contribution is 2.35. The molecule has 0 saturated heterocycles. The molecule has 3 rings (SSSR count). The van der Waals surface area contributed by atoms with Gasteiger partial charge in [0.25, 0.3) is 0 Å². The summed E-state index contributed by atoms with van der Waals surface area (Å²) in [5.74, 6) is 1.42. The van der Waals surface area contributed by atoms with E-state index in [0.717, 1.165) is 33.9 Å². The number of ether oxygens (including phenoxy) is 2. The van der Waals surface area contributed by atoms with Gasteiger partial charge < -0.3 is 13.9 Å². The highest BCUT2D eigenvalue weighted by molar-refractivity contribution is 5.74. The third-order valence-corrected chi connectivity index (χ3v) is 3.85. The monoisotopic (exact) mass is 307 g/mol. The number of hydrogen-bond acceptors (Lipinski definition) is 4. The number of fused-ring (bicyclic) bond motifs is 1. The van der Waals surface area contributed by atoms with E-state index in [4.69, 9.17) is 14.5 Å². The maximum atomic E-state index is 9.22. The van der Waals surface area contributed by atoms with Crippen LogP contribution in [0.5, 0.6) is 11.5 Å². The fourth-order valence-electron chi connectivity index (χ4n) is 2.71. The molecule has 0 N–H and O–H groups in total. The normalized spacial score (nSPS) is 10.5. The molecule has 3 aromatic rings. The Morgan fingerprint density at radius 3 is 2.74 bits per heavy atom. The number of methoxy groups -OCH3 is 2. The molecule has 0 aliphatic rings. The molecular weight excluding hydrogens is 290 g/mol. The summed E-state index contributed by atoms with van der Waals surface area (Å²) in [6.07, 6.45) is 2.19. The van der Waals surface area contributed by atoms with Crippen molar-refractivity contribution >= 4 is 5.65 Å². The molecule has 0 saturated carbocycles. The third-order valence-electron chi connectivity index (χ3n) is 3.85. The molecule has 0 fully saturated rings. The molecule has 116 valence electrons. The van der Waals surface area contributed by atoms with Crippen LogP contribution in [0, 0.1) is 18.3 Å². The maximum absolute atomic E-state index is 9.22. The topological polar surface area (TPSA) is 59.6 Å². The van der Waals surface area contributed by atoms with Crippen LogP contribution in [0.3, 0.4) is 0 Å². The average molecular weight is 307 g/mol. The SMILES string of the molecule is COc1ccc(OC)c(-c2nc3c(C)cccn3c2CC#N)c1. The molecular formula is C18H17N3O2. The van der Waals surface area contributed by atoms with Gasteiger partial charge >= 0.3 is 0 Å². The van der Waals surface area contributed by atoms with E-state index < -0.39 is 0 Å². The number of pyridine rings is 1. The van der Waals surface area contributed by atoms with Crippen LogP contribution >= 0.6 is 0 Å². The van der Waals surface area contributed by atoms with E-state index in [1.807, 2.05) is 47.9 Å². The van der Waals surface area contributed by atoms with E-state index in [-0.39, 0.29) is 6.42 Å². The number of nitriles is 1. The molecule has 5 heteroatoms. The Bertz CT molecular complexity index is 907. The maximum Gasteiger partial charge on any atom is 0.140 e. The van der Waals surface area contributed by atoms with Gasteiger partial charge in [0.05, 0.1) is 38.1 Å². The molecule has 2 heterocycles. The van der Waals surface area contributed by atoms with E-state index >= 15 is 0 Å². The fraction of sp³-hybridized carbons (Fsp3) is 0.222. The van der Waals surface area contributed by atoms with Crippen LogP contribution in [0.15, 0.2) is 36.5 Å². The van der Waals surface area contributed by atoms with Gasteiger partial charge in [-0.25, -0.2) is 4.98 Å². The lowest BCUT2D eigenvalue weighted by Gasteiger charge is -2.10. The molecule has 0 unspecified atom stereocenters. The Morgan fingerprint density at radius 1 is 1.22 bits per heavy atom. The van der Waals surface area contributed by atoms with Crippen molar-refractivity contribution in [2.75, 3.05) is 14.2 Å². The number of aromatic nitrogens is 2. The lowest BCUT2D eigenvalue weighted by atomic mass is 10.1. The van der Waals surface area contributed by atoms with Crippen LogP contribution in [0.2, 0.25) is 0 Å². The molecule has 0 aliphatic heterocycles. The first-order valence-electron chi connectivity index (χ1n) is 7.25.